The van der Waals surface area contributed by atoms with Crippen LogP contribution in [0.5, 0.6) is 0 Å². The Balaban J connectivity index is 3.93. The van der Waals surface area contributed by atoms with Gasteiger partial charge in [0, 0.05) is 6.54 Å². The first-order valence-corrected chi connectivity index (χ1v) is 3.50. The van der Waals surface area contributed by atoms with E-state index in [-0.39, 0.29) is 0 Å². The van der Waals surface area contributed by atoms with Crippen LogP contribution in [0.25, 0.3) is 0 Å². The molecule has 0 saturated heterocycles. The van der Waals surface area contributed by atoms with Crippen molar-refractivity contribution in [1.82, 2.24) is 0 Å². The Morgan fingerprint density at radius 2 is 2.18 bits per heavy atom. The highest BCUT2D eigenvalue weighted by Gasteiger charge is 2.23. The van der Waals surface area contributed by atoms with Crippen molar-refractivity contribution in [2.45, 2.75) is 32.5 Å². The summed E-state index contributed by atoms with van der Waals surface area (Å²) < 4.78 is 5.12. The summed E-state index contributed by atoms with van der Waals surface area (Å²) in [6.45, 7) is 5.31. The minimum absolute atomic E-state index is 0.310. The van der Waals surface area contributed by atoms with Crippen molar-refractivity contribution >= 4 is 5.97 Å². The maximum atomic E-state index is 10.3. The van der Waals surface area contributed by atoms with Gasteiger partial charge in [0.05, 0.1) is 5.60 Å². The van der Waals surface area contributed by atoms with Crippen LogP contribution in [-0.2, 0) is 9.53 Å². The van der Waals surface area contributed by atoms with Gasteiger partial charge in [0.15, 0.2) is 6.10 Å². The SMILES string of the molecule is CC(OC(C)(C)CN)C(=O)O. The molecule has 0 aliphatic carbocycles. The van der Waals surface area contributed by atoms with E-state index in [2.05, 4.69) is 0 Å². The molecule has 0 amide bonds. The molecular formula is C7H15NO3. The molecule has 0 aliphatic rings. The summed E-state index contributed by atoms with van der Waals surface area (Å²) in [6.07, 6.45) is -0.798. The molecule has 4 heteroatoms. The van der Waals surface area contributed by atoms with Gasteiger partial charge in [0.1, 0.15) is 0 Å². The van der Waals surface area contributed by atoms with Crippen molar-refractivity contribution in [3.63, 3.8) is 0 Å². The standard InChI is InChI=1S/C7H15NO3/c1-5(6(9)10)11-7(2,3)4-8/h5H,4,8H2,1-3H3,(H,9,10). The van der Waals surface area contributed by atoms with E-state index in [1.54, 1.807) is 13.8 Å². The third kappa shape index (κ3) is 3.95. The predicted molar refractivity (Wildman–Crippen MR) is 41.3 cm³/mol. The minimum atomic E-state index is -0.966. The molecule has 0 aromatic heterocycles. The first kappa shape index (κ1) is 10.4. The van der Waals surface area contributed by atoms with Gasteiger partial charge in [-0.2, -0.15) is 0 Å². The number of carboxylic acid groups (broad SMARTS) is 1. The molecule has 0 heterocycles. The summed E-state index contributed by atoms with van der Waals surface area (Å²) >= 11 is 0. The van der Waals surface area contributed by atoms with Gasteiger partial charge in [-0.1, -0.05) is 0 Å². The van der Waals surface area contributed by atoms with E-state index in [4.69, 9.17) is 15.6 Å². The maximum Gasteiger partial charge on any atom is 0.332 e. The molecule has 1 unspecified atom stereocenters. The van der Waals surface area contributed by atoms with Crippen LogP contribution in [0.2, 0.25) is 0 Å². The summed E-state index contributed by atoms with van der Waals surface area (Å²) in [7, 11) is 0. The largest absolute Gasteiger partial charge is 0.479 e. The van der Waals surface area contributed by atoms with Crippen LogP contribution in [0.1, 0.15) is 20.8 Å². The van der Waals surface area contributed by atoms with E-state index < -0.39 is 17.7 Å². The lowest BCUT2D eigenvalue weighted by Gasteiger charge is -2.25. The van der Waals surface area contributed by atoms with Crippen LogP contribution in [0.15, 0.2) is 0 Å². The topological polar surface area (TPSA) is 72.5 Å². The van der Waals surface area contributed by atoms with Crippen molar-refractivity contribution in [3.8, 4) is 0 Å². The molecule has 0 spiro atoms. The zero-order valence-corrected chi connectivity index (χ0v) is 7.13. The molecule has 0 aliphatic heterocycles. The highest BCUT2D eigenvalue weighted by atomic mass is 16.5. The molecule has 11 heavy (non-hydrogen) atoms. The Bertz CT molecular complexity index is 145. The van der Waals surface area contributed by atoms with Gasteiger partial charge in [-0.15, -0.1) is 0 Å². The van der Waals surface area contributed by atoms with Gasteiger partial charge in [-0.05, 0) is 20.8 Å². The number of hydrogen-bond acceptors (Lipinski definition) is 3. The van der Waals surface area contributed by atoms with Crippen LogP contribution in [0.4, 0.5) is 0 Å². The number of carboxylic acids is 1. The smallest absolute Gasteiger partial charge is 0.332 e. The van der Waals surface area contributed by atoms with E-state index in [0.29, 0.717) is 6.54 Å². The number of ether oxygens (including phenoxy) is 1. The fourth-order valence-electron chi connectivity index (χ4n) is 0.577. The third-order valence-corrected chi connectivity index (χ3v) is 1.34. The van der Waals surface area contributed by atoms with Crippen molar-refractivity contribution in [2.24, 2.45) is 5.73 Å². The molecule has 1 atom stereocenters. The monoisotopic (exact) mass is 161 g/mol. The normalized spacial score (nSPS) is 14.5. The first-order chi connectivity index (χ1) is 4.89. The minimum Gasteiger partial charge on any atom is -0.479 e. The molecule has 0 aromatic carbocycles. The average molecular weight is 161 g/mol. The highest BCUT2D eigenvalue weighted by molar-refractivity contribution is 5.71. The summed E-state index contributed by atoms with van der Waals surface area (Å²) in [5.41, 5.74) is 4.78. The first-order valence-electron chi connectivity index (χ1n) is 3.50. The summed E-state index contributed by atoms with van der Waals surface area (Å²) in [6, 6.07) is 0. The Morgan fingerprint density at radius 3 is 2.45 bits per heavy atom. The molecule has 0 rings (SSSR count). The van der Waals surface area contributed by atoms with E-state index in [1.165, 1.54) is 6.92 Å². The van der Waals surface area contributed by atoms with E-state index in [0.717, 1.165) is 0 Å². The molecule has 0 aromatic rings. The Hall–Kier alpha value is -0.610. The number of nitrogens with two attached hydrogens (primary N) is 1. The van der Waals surface area contributed by atoms with Gasteiger partial charge >= 0.3 is 5.97 Å². The van der Waals surface area contributed by atoms with Crippen LogP contribution in [-0.4, -0.2) is 29.3 Å². The lowest BCUT2D eigenvalue weighted by molar-refractivity contribution is -0.158. The van der Waals surface area contributed by atoms with Crippen LogP contribution in [0, 0.1) is 0 Å². The fraction of sp³-hybridized carbons (Fsp3) is 0.857. The molecule has 0 fully saturated rings. The van der Waals surface area contributed by atoms with Crippen molar-refractivity contribution in [3.05, 3.63) is 0 Å². The Morgan fingerprint density at radius 1 is 1.73 bits per heavy atom. The van der Waals surface area contributed by atoms with Gasteiger partial charge < -0.3 is 15.6 Å². The van der Waals surface area contributed by atoms with Crippen molar-refractivity contribution in [1.29, 1.82) is 0 Å². The van der Waals surface area contributed by atoms with Crippen LogP contribution < -0.4 is 5.73 Å². The Kier molecular flexibility index (Phi) is 3.48. The lowest BCUT2D eigenvalue weighted by Crippen LogP contribution is -2.39. The number of aliphatic carboxylic acids is 1. The summed E-state index contributed by atoms with van der Waals surface area (Å²) in [4.78, 5) is 10.3. The summed E-state index contributed by atoms with van der Waals surface area (Å²) in [5, 5.41) is 8.48. The van der Waals surface area contributed by atoms with Crippen molar-refractivity contribution < 1.29 is 14.6 Å². The molecular weight excluding hydrogens is 146 g/mol. The zero-order valence-electron chi connectivity index (χ0n) is 7.13. The van der Waals surface area contributed by atoms with Gasteiger partial charge in [-0.25, -0.2) is 4.79 Å². The molecule has 3 N–H and O–H groups in total. The van der Waals surface area contributed by atoms with Gasteiger partial charge in [-0.3, -0.25) is 0 Å². The molecule has 0 saturated carbocycles. The Labute approximate surface area is 66.3 Å². The van der Waals surface area contributed by atoms with Gasteiger partial charge in [0.25, 0.3) is 0 Å². The van der Waals surface area contributed by atoms with Crippen molar-refractivity contribution in [2.75, 3.05) is 6.54 Å². The number of carbonyl (C=O) groups is 1. The second-order valence-electron chi connectivity index (χ2n) is 3.06. The fourth-order valence-corrected chi connectivity index (χ4v) is 0.577. The second-order valence-corrected chi connectivity index (χ2v) is 3.06. The van der Waals surface area contributed by atoms with Crippen LogP contribution >= 0.6 is 0 Å². The quantitative estimate of drug-likeness (QED) is 0.618. The summed E-state index contributed by atoms with van der Waals surface area (Å²) in [5.74, 6) is -0.966. The maximum absolute atomic E-state index is 10.3. The predicted octanol–water partition coefficient (Wildman–Crippen LogP) is 0.213. The number of hydrogen-bond donors (Lipinski definition) is 2. The highest BCUT2D eigenvalue weighted by Crippen LogP contribution is 2.09. The third-order valence-electron chi connectivity index (χ3n) is 1.34. The average Bonchev–Trinajstić information content (AvgIpc) is 1.87. The lowest BCUT2D eigenvalue weighted by atomic mass is 10.1. The molecule has 0 radical (unpaired) electrons. The molecule has 4 nitrogen and oxygen atoms in total. The van der Waals surface area contributed by atoms with Gasteiger partial charge in [0.2, 0.25) is 0 Å². The molecule has 0 bridgehead atoms. The second kappa shape index (κ2) is 3.69. The van der Waals surface area contributed by atoms with E-state index in [9.17, 15) is 4.79 Å². The van der Waals surface area contributed by atoms with Crippen LogP contribution in [0.3, 0.4) is 0 Å². The number of rotatable bonds is 4. The van der Waals surface area contributed by atoms with E-state index in [1.807, 2.05) is 0 Å². The van der Waals surface area contributed by atoms with E-state index >= 15 is 0 Å². The molecule has 66 valence electrons. The zero-order chi connectivity index (χ0) is 9.07.